The average Bonchev–Trinajstić information content (AvgIpc) is 3.20. The van der Waals surface area contributed by atoms with Crippen molar-refractivity contribution in [2.24, 2.45) is 0 Å². The van der Waals surface area contributed by atoms with Gasteiger partial charge in [0, 0.05) is 54.1 Å². The third-order valence-electron chi connectivity index (χ3n) is 5.28. The van der Waals surface area contributed by atoms with Crippen LogP contribution in [0.5, 0.6) is 0 Å². The van der Waals surface area contributed by atoms with Crippen molar-refractivity contribution in [1.82, 2.24) is 24.2 Å². The molecule has 1 saturated heterocycles. The predicted octanol–water partition coefficient (Wildman–Crippen LogP) is 4.37. The molecule has 4 heterocycles. The highest BCUT2D eigenvalue weighted by Gasteiger charge is 2.27. The van der Waals surface area contributed by atoms with Gasteiger partial charge in [-0.25, -0.2) is 27.9 Å². The zero-order valence-electron chi connectivity index (χ0n) is 16.8. The topological polar surface area (TPSA) is 86.8 Å². The number of alkyl halides is 1. The van der Waals surface area contributed by atoms with Crippen LogP contribution in [0.25, 0.3) is 22.4 Å². The predicted molar refractivity (Wildman–Crippen MR) is 123 cm³/mol. The second-order valence-electron chi connectivity index (χ2n) is 7.38. The Bertz CT molecular complexity index is 1080. The monoisotopic (exact) mass is 484 g/mol. The molecule has 0 aromatic carbocycles. The summed E-state index contributed by atoms with van der Waals surface area (Å²) in [5.74, 6) is 0.983. The van der Waals surface area contributed by atoms with Gasteiger partial charge in [0.1, 0.15) is 5.65 Å². The fourth-order valence-corrected chi connectivity index (χ4v) is 5.66. The lowest BCUT2D eigenvalue weighted by atomic mass is 10.1. The Labute approximate surface area is 192 Å². The van der Waals surface area contributed by atoms with Gasteiger partial charge in [-0.1, -0.05) is 18.0 Å². The molecule has 31 heavy (non-hydrogen) atoms. The van der Waals surface area contributed by atoms with Crippen LogP contribution >= 0.6 is 23.2 Å². The maximum Gasteiger partial charge on any atom is 0.183 e. The van der Waals surface area contributed by atoms with Gasteiger partial charge in [0.15, 0.2) is 17.5 Å². The number of H-pyrrole nitrogens is 1. The Kier molecular flexibility index (Phi) is 7.37. The van der Waals surface area contributed by atoms with E-state index in [0.717, 1.165) is 37.4 Å². The van der Waals surface area contributed by atoms with Crippen molar-refractivity contribution in [2.75, 3.05) is 30.0 Å². The number of anilines is 1. The number of nitrogens with one attached hydrogen (secondary N) is 2. The Morgan fingerprint density at radius 2 is 2.19 bits per heavy atom. The summed E-state index contributed by atoms with van der Waals surface area (Å²) in [5.41, 5.74) is 1.34. The van der Waals surface area contributed by atoms with Gasteiger partial charge >= 0.3 is 0 Å². The summed E-state index contributed by atoms with van der Waals surface area (Å²) in [6.45, 7) is 1.21. The summed E-state index contributed by atoms with van der Waals surface area (Å²) in [5, 5.41) is 4.36. The Hall–Kier alpha value is -1.81. The van der Waals surface area contributed by atoms with Gasteiger partial charge in [-0.3, -0.25) is 0 Å². The quantitative estimate of drug-likeness (QED) is 0.463. The second-order valence-corrected chi connectivity index (χ2v) is 9.72. The number of aromatic nitrogens is 4. The molecular formula is C20H23Cl2FN6OS. The Morgan fingerprint density at radius 3 is 3.03 bits per heavy atom. The van der Waals surface area contributed by atoms with E-state index < -0.39 is 16.8 Å². The normalized spacial score (nSPS) is 18.4. The number of aromatic amines is 1. The van der Waals surface area contributed by atoms with Crippen molar-refractivity contribution in [3.8, 4) is 11.4 Å². The molecule has 1 fully saturated rings. The SMILES string of the molecule is O=S(CCCCl)N1CCCC[C@@H]1CNc1nc(-c2c[nH]c3ncc(Cl)cc23)ncc1F. The molecule has 0 aliphatic carbocycles. The van der Waals surface area contributed by atoms with Crippen molar-refractivity contribution in [2.45, 2.75) is 31.7 Å². The minimum absolute atomic E-state index is 0.0406. The number of piperidine rings is 1. The smallest absolute Gasteiger partial charge is 0.183 e. The minimum Gasteiger partial charge on any atom is -0.366 e. The zero-order valence-corrected chi connectivity index (χ0v) is 19.1. The fourth-order valence-electron chi connectivity index (χ4n) is 3.74. The van der Waals surface area contributed by atoms with Gasteiger partial charge in [-0.2, -0.15) is 0 Å². The maximum atomic E-state index is 14.4. The highest BCUT2D eigenvalue weighted by atomic mass is 35.5. The minimum atomic E-state index is -1.09. The maximum absolute atomic E-state index is 14.4. The molecule has 0 bridgehead atoms. The van der Waals surface area contributed by atoms with Gasteiger partial charge in [-0.05, 0) is 25.3 Å². The Balaban J connectivity index is 1.52. The van der Waals surface area contributed by atoms with Crippen LogP contribution in [0.1, 0.15) is 25.7 Å². The lowest BCUT2D eigenvalue weighted by Crippen LogP contribution is -2.45. The van der Waals surface area contributed by atoms with Gasteiger partial charge in [0.25, 0.3) is 0 Å². The number of nitrogens with zero attached hydrogens (tertiary/aromatic N) is 4. The molecule has 0 radical (unpaired) electrons. The highest BCUT2D eigenvalue weighted by molar-refractivity contribution is 7.82. The molecule has 7 nitrogen and oxygen atoms in total. The van der Waals surface area contributed by atoms with Crippen LogP contribution in [0.15, 0.2) is 24.7 Å². The van der Waals surface area contributed by atoms with Crippen molar-refractivity contribution in [3.63, 3.8) is 0 Å². The van der Waals surface area contributed by atoms with Crippen molar-refractivity contribution < 1.29 is 8.60 Å². The van der Waals surface area contributed by atoms with Crippen molar-refractivity contribution in [3.05, 3.63) is 35.5 Å². The van der Waals surface area contributed by atoms with Gasteiger partial charge in [0.05, 0.1) is 22.2 Å². The number of pyridine rings is 1. The summed E-state index contributed by atoms with van der Waals surface area (Å²) >= 11 is 11.8. The summed E-state index contributed by atoms with van der Waals surface area (Å²) in [7, 11) is -1.09. The van der Waals surface area contributed by atoms with Gasteiger partial charge in [-0.15, -0.1) is 11.6 Å². The lowest BCUT2D eigenvalue weighted by molar-refractivity contribution is 0.274. The molecule has 0 spiro atoms. The molecule has 1 aliphatic rings. The van der Waals surface area contributed by atoms with Crippen molar-refractivity contribution in [1.29, 1.82) is 0 Å². The first-order valence-electron chi connectivity index (χ1n) is 10.2. The molecule has 2 N–H and O–H groups in total. The summed E-state index contributed by atoms with van der Waals surface area (Å²) in [4.78, 5) is 15.8. The molecule has 0 saturated carbocycles. The van der Waals surface area contributed by atoms with Crippen LogP contribution in [0.4, 0.5) is 10.2 Å². The van der Waals surface area contributed by atoms with E-state index in [4.69, 9.17) is 23.2 Å². The molecule has 1 aliphatic heterocycles. The second kappa shape index (κ2) is 10.2. The van der Waals surface area contributed by atoms with E-state index in [9.17, 15) is 8.60 Å². The van der Waals surface area contributed by atoms with Crippen LogP contribution in [0.2, 0.25) is 5.02 Å². The van der Waals surface area contributed by atoms with Crippen LogP contribution in [0.3, 0.4) is 0 Å². The van der Waals surface area contributed by atoms with Crippen LogP contribution in [-0.2, 0) is 11.0 Å². The highest BCUT2D eigenvalue weighted by Crippen LogP contribution is 2.28. The number of hydrogen-bond acceptors (Lipinski definition) is 5. The van der Waals surface area contributed by atoms with E-state index in [1.165, 1.54) is 0 Å². The number of rotatable bonds is 8. The lowest BCUT2D eigenvalue weighted by Gasteiger charge is -2.34. The van der Waals surface area contributed by atoms with E-state index in [2.05, 4.69) is 25.3 Å². The van der Waals surface area contributed by atoms with E-state index >= 15 is 0 Å². The number of halogens is 3. The Morgan fingerprint density at radius 1 is 1.32 bits per heavy atom. The van der Waals surface area contributed by atoms with Crippen LogP contribution in [0, 0.1) is 5.82 Å². The van der Waals surface area contributed by atoms with E-state index in [1.54, 1.807) is 18.5 Å². The molecule has 11 heteroatoms. The molecule has 1 unspecified atom stereocenters. The number of hydrogen-bond donors (Lipinski definition) is 2. The fraction of sp³-hybridized carbons (Fsp3) is 0.450. The molecule has 166 valence electrons. The summed E-state index contributed by atoms with van der Waals surface area (Å²) in [6, 6.07) is 1.81. The summed E-state index contributed by atoms with van der Waals surface area (Å²) in [6.07, 6.45) is 8.09. The average molecular weight is 485 g/mol. The molecule has 3 aromatic heterocycles. The summed E-state index contributed by atoms with van der Waals surface area (Å²) < 4.78 is 29.1. The van der Waals surface area contributed by atoms with Gasteiger partial charge < -0.3 is 10.3 Å². The van der Waals surface area contributed by atoms with Gasteiger partial charge in [0.2, 0.25) is 0 Å². The molecule has 4 rings (SSSR count). The third-order valence-corrected chi connectivity index (χ3v) is 7.39. The van der Waals surface area contributed by atoms with E-state index in [1.807, 2.05) is 4.31 Å². The van der Waals surface area contributed by atoms with E-state index in [0.29, 0.717) is 46.7 Å². The largest absolute Gasteiger partial charge is 0.366 e. The van der Waals surface area contributed by atoms with Crippen molar-refractivity contribution >= 4 is 51.0 Å². The van der Waals surface area contributed by atoms with Crippen LogP contribution in [-0.4, -0.2) is 59.2 Å². The number of fused-ring (bicyclic) bond motifs is 1. The first-order valence-corrected chi connectivity index (χ1v) is 12.4. The first kappa shape index (κ1) is 22.4. The van der Waals surface area contributed by atoms with Crippen LogP contribution < -0.4 is 5.32 Å². The standard InChI is InChI=1S/C20H23Cl2FN6OS/c21-5-3-7-31(30)29-6-2-1-4-14(29)10-25-20-17(23)12-27-19(28-20)16-11-26-18-15(16)8-13(22)9-24-18/h8-9,11-12,14H,1-7,10H2,(H,24,26)(H,25,27,28)/t14-,31?/m1/s1. The molecule has 3 aromatic rings. The zero-order chi connectivity index (χ0) is 21.8. The molecule has 0 amide bonds. The molecule has 2 atom stereocenters. The van der Waals surface area contributed by atoms with E-state index in [-0.39, 0.29) is 11.9 Å². The third kappa shape index (κ3) is 5.16. The molecular weight excluding hydrogens is 462 g/mol. The first-order chi connectivity index (χ1) is 15.1.